The van der Waals surface area contributed by atoms with Crippen molar-refractivity contribution in [2.45, 2.75) is 13.3 Å². The number of anilines is 1. The van der Waals surface area contributed by atoms with Crippen LogP contribution in [0.15, 0.2) is 53.2 Å². The zero-order chi connectivity index (χ0) is 19.2. The van der Waals surface area contributed by atoms with E-state index < -0.39 is 7.60 Å². The van der Waals surface area contributed by atoms with Crippen LogP contribution in [0.5, 0.6) is 0 Å². The van der Waals surface area contributed by atoms with Crippen molar-refractivity contribution in [3.63, 3.8) is 0 Å². The predicted octanol–water partition coefficient (Wildman–Crippen LogP) is 3.11. The summed E-state index contributed by atoms with van der Waals surface area (Å²) >= 11 is 0. The lowest BCUT2D eigenvalue weighted by Gasteiger charge is -2.09. The highest BCUT2D eigenvalue weighted by Gasteiger charge is 2.33. The fourth-order valence-corrected chi connectivity index (χ4v) is 4.17. The highest BCUT2D eigenvalue weighted by Crippen LogP contribution is 2.44. The first-order valence-electron chi connectivity index (χ1n) is 8.30. The lowest BCUT2D eigenvalue weighted by atomic mass is 10.0. The number of hydrogen-bond donors (Lipinski definition) is 4. The first-order valence-corrected chi connectivity index (χ1v) is 9.91. The van der Waals surface area contributed by atoms with Crippen LogP contribution in [-0.2, 0) is 11.0 Å². The SMILES string of the molecule is Cc1ccc(Cc2c(N)oc(-c3cccc4[nH]cnc34)c2P(=O)(O)O)cc1. The average molecular weight is 383 g/mol. The Hall–Kier alpha value is -2.86. The largest absolute Gasteiger partial charge is 0.440 e. The molecule has 0 saturated carbocycles. The van der Waals surface area contributed by atoms with Crippen LogP contribution in [0, 0.1) is 6.92 Å². The number of aryl methyl sites for hydroxylation is 1. The van der Waals surface area contributed by atoms with Gasteiger partial charge in [-0.05, 0) is 24.6 Å². The molecule has 0 fully saturated rings. The van der Waals surface area contributed by atoms with Gasteiger partial charge in [0.05, 0.1) is 17.4 Å². The molecule has 2 heterocycles. The molecular weight excluding hydrogens is 365 g/mol. The van der Waals surface area contributed by atoms with Gasteiger partial charge in [-0.1, -0.05) is 35.9 Å². The maximum Gasteiger partial charge on any atom is 0.360 e. The number of furan rings is 1. The Morgan fingerprint density at radius 3 is 2.63 bits per heavy atom. The third-order valence-electron chi connectivity index (χ3n) is 4.50. The number of nitrogens with one attached hydrogen (secondary N) is 1. The molecule has 4 aromatic rings. The van der Waals surface area contributed by atoms with Crippen molar-refractivity contribution >= 4 is 29.8 Å². The van der Waals surface area contributed by atoms with E-state index in [2.05, 4.69) is 9.97 Å². The monoisotopic (exact) mass is 383 g/mol. The lowest BCUT2D eigenvalue weighted by molar-refractivity contribution is 0.387. The molecule has 0 radical (unpaired) electrons. The normalized spacial score (nSPS) is 12.0. The number of imidazole rings is 1. The Morgan fingerprint density at radius 2 is 1.93 bits per heavy atom. The Bertz CT molecular complexity index is 1170. The number of rotatable bonds is 4. The van der Waals surface area contributed by atoms with E-state index in [1.54, 1.807) is 12.1 Å². The van der Waals surface area contributed by atoms with Crippen LogP contribution < -0.4 is 11.0 Å². The van der Waals surface area contributed by atoms with Crippen molar-refractivity contribution in [3.05, 3.63) is 65.5 Å². The number of H-pyrrole nitrogens is 1. The Labute approximate surface area is 155 Å². The molecule has 0 saturated heterocycles. The summed E-state index contributed by atoms with van der Waals surface area (Å²) in [7, 11) is -4.66. The third kappa shape index (κ3) is 3.17. The number of aromatic nitrogens is 2. The quantitative estimate of drug-likeness (QED) is 0.401. The van der Waals surface area contributed by atoms with Gasteiger partial charge in [0.15, 0.2) is 11.6 Å². The number of benzene rings is 2. The van der Waals surface area contributed by atoms with Crippen molar-refractivity contribution in [2.24, 2.45) is 0 Å². The first kappa shape index (κ1) is 17.5. The summed E-state index contributed by atoms with van der Waals surface area (Å²) in [6.07, 6.45) is 1.78. The molecule has 8 heteroatoms. The van der Waals surface area contributed by atoms with Gasteiger partial charge in [-0.2, -0.15) is 0 Å². The second-order valence-electron chi connectivity index (χ2n) is 6.43. The molecule has 0 bridgehead atoms. The fourth-order valence-electron chi connectivity index (χ4n) is 3.19. The van der Waals surface area contributed by atoms with E-state index in [9.17, 15) is 14.4 Å². The van der Waals surface area contributed by atoms with E-state index in [4.69, 9.17) is 10.2 Å². The van der Waals surface area contributed by atoms with Gasteiger partial charge in [0, 0.05) is 17.5 Å². The number of nitrogens with zero attached hydrogens (tertiary/aromatic N) is 1. The smallest absolute Gasteiger partial charge is 0.360 e. The van der Waals surface area contributed by atoms with Crippen LogP contribution in [0.25, 0.3) is 22.4 Å². The van der Waals surface area contributed by atoms with Gasteiger partial charge in [-0.3, -0.25) is 4.57 Å². The number of para-hydroxylation sites is 1. The molecule has 0 amide bonds. The second-order valence-corrected chi connectivity index (χ2v) is 7.97. The molecule has 0 aliphatic heterocycles. The highest BCUT2D eigenvalue weighted by molar-refractivity contribution is 7.60. The third-order valence-corrected chi connectivity index (χ3v) is 5.55. The van der Waals surface area contributed by atoms with Crippen LogP contribution >= 0.6 is 7.60 Å². The average Bonchev–Trinajstić information content (AvgIpc) is 3.21. The van der Waals surface area contributed by atoms with Gasteiger partial charge >= 0.3 is 7.60 Å². The van der Waals surface area contributed by atoms with Crippen LogP contribution in [0.1, 0.15) is 16.7 Å². The summed E-state index contributed by atoms with van der Waals surface area (Å²) in [6, 6.07) is 13.0. The summed E-state index contributed by atoms with van der Waals surface area (Å²) < 4.78 is 18.0. The molecule has 138 valence electrons. The first-order chi connectivity index (χ1) is 12.8. The van der Waals surface area contributed by atoms with Crippen molar-refractivity contribution < 1.29 is 18.8 Å². The molecule has 0 spiro atoms. The van der Waals surface area contributed by atoms with Crippen LogP contribution in [0.3, 0.4) is 0 Å². The molecule has 2 aromatic heterocycles. The lowest BCUT2D eigenvalue weighted by Crippen LogP contribution is -2.12. The zero-order valence-electron chi connectivity index (χ0n) is 14.5. The molecule has 0 atom stereocenters. The number of fused-ring (bicyclic) bond motifs is 1. The topological polar surface area (TPSA) is 125 Å². The minimum absolute atomic E-state index is 0.00330. The maximum atomic E-state index is 12.3. The van der Waals surface area contributed by atoms with Crippen molar-refractivity contribution in [2.75, 3.05) is 5.73 Å². The molecule has 7 nitrogen and oxygen atoms in total. The van der Waals surface area contributed by atoms with Crippen LogP contribution in [0.4, 0.5) is 5.88 Å². The van der Waals surface area contributed by atoms with E-state index in [0.29, 0.717) is 16.6 Å². The molecule has 4 rings (SSSR count). The van der Waals surface area contributed by atoms with Crippen LogP contribution in [0.2, 0.25) is 0 Å². The molecule has 27 heavy (non-hydrogen) atoms. The highest BCUT2D eigenvalue weighted by atomic mass is 31.2. The molecule has 0 unspecified atom stereocenters. The number of aromatic amines is 1. The summed E-state index contributed by atoms with van der Waals surface area (Å²) in [4.78, 5) is 27.3. The standard InChI is InChI=1S/C19H18N3O4P/c1-11-5-7-12(8-6-11)9-14-18(27(23,24)25)17(26-19(14)20)13-3-2-4-15-16(13)22-10-21-15/h2-8,10H,9,20H2,1H3,(H,21,22)(H2,23,24,25). The molecule has 5 N–H and O–H groups in total. The Kier molecular flexibility index (Phi) is 4.15. The Morgan fingerprint density at radius 1 is 1.19 bits per heavy atom. The minimum Gasteiger partial charge on any atom is -0.440 e. The van der Waals surface area contributed by atoms with Gasteiger partial charge in [-0.25, -0.2) is 4.98 Å². The summed E-state index contributed by atoms with van der Waals surface area (Å²) in [5.74, 6) is 0.0529. The van der Waals surface area contributed by atoms with Gasteiger partial charge in [-0.15, -0.1) is 0 Å². The Balaban J connectivity index is 1.92. The van der Waals surface area contributed by atoms with Crippen molar-refractivity contribution in [1.29, 1.82) is 0 Å². The number of nitrogens with two attached hydrogens (primary N) is 1. The summed E-state index contributed by atoms with van der Waals surface area (Å²) in [5, 5.41) is -0.184. The van der Waals surface area contributed by atoms with E-state index >= 15 is 0 Å². The molecule has 0 aliphatic rings. The van der Waals surface area contributed by atoms with E-state index in [0.717, 1.165) is 16.6 Å². The predicted molar refractivity (Wildman–Crippen MR) is 104 cm³/mol. The van der Waals surface area contributed by atoms with Gasteiger partial charge in [0.25, 0.3) is 0 Å². The number of nitrogen functional groups attached to an aromatic ring is 1. The fraction of sp³-hybridized carbons (Fsp3) is 0.105. The maximum absolute atomic E-state index is 12.3. The molecular formula is C19H18N3O4P. The van der Waals surface area contributed by atoms with Gasteiger partial charge in [0.2, 0.25) is 0 Å². The number of hydrogen-bond acceptors (Lipinski definition) is 4. The van der Waals surface area contributed by atoms with Crippen molar-refractivity contribution in [3.8, 4) is 11.3 Å². The molecule has 0 aliphatic carbocycles. The minimum atomic E-state index is -4.66. The summed E-state index contributed by atoms with van der Waals surface area (Å²) in [5.41, 5.74) is 10.1. The van der Waals surface area contributed by atoms with E-state index in [1.165, 1.54) is 6.33 Å². The molecule has 2 aromatic carbocycles. The zero-order valence-corrected chi connectivity index (χ0v) is 15.4. The van der Waals surface area contributed by atoms with Gasteiger partial charge in [0.1, 0.15) is 5.30 Å². The second kappa shape index (κ2) is 6.39. The van der Waals surface area contributed by atoms with E-state index in [1.807, 2.05) is 37.3 Å². The van der Waals surface area contributed by atoms with Crippen molar-refractivity contribution in [1.82, 2.24) is 9.97 Å². The summed E-state index contributed by atoms with van der Waals surface area (Å²) in [6.45, 7) is 1.97. The van der Waals surface area contributed by atoms with Gasteiger partial charge < -0.3 is 24.9 Å². The van der Waals surface area contributed by atoms with E-state index in [-0.39, 0.29) is 23.4 Å². The van der Waals surface area contributed by atoms with Crippen LogP contribution in [-0.4, -0.2) is 19.8 Å².